The molecule has 2 aliphatic carbocycles. The highest BCUT2D eigenvalue weighted by molar-refractivity contribution is 5.83. The third-order valence-electron chi connectivity index (χ3n) is 3.62. The van der Waals surface area contributed by atoms with Crippen molar-refractivity contribution in [3.05, 3.63) is 0 Å². The fraction of sp³-hybridized carbons (Fsp3) is 0.900. The van der Waals surface area contributed by atoms with Crippen molar-refractivity contribution in [3.8, 4) is 0 Å². The van der Waals surface area contributed by atoms with Crippen LogP contribution in [-0.2, 0) is 4.79 Å². The minimum Gasteiger partial charge on any atom is -0.395 e. The first-order valence-corrected chi connectivity index (χ1v) is 5.16. The van der Waals surface area contributed by atoms with Gasteiger partial charge in [0.05, 0.1) is 6.61 Å². The monoisotopic (exact) mass is 183 g/mol. The molecule has 0 unspecified atom stereocenters. The number of nitrogens with one attached hydrogen (secondary N) is 1. The Morgan fingerprint density at radius 1 is 1.46 bits per heavy atom. The fourth-order valence-corrected chi connectivity index (χ4v) is 2.87. The van der Waals surface area contributed by atoms with Crippen molar-refractivity contribution in [1.82, 2.24) is 5.32 Å². The molecule has 0 aromatic heterocycles. The minimum absolute atomic E-state index is 0.0418. The maximum atomic E-state index is 11.8. The van der Waals surface area contributed by atoms with E-state index < -0.39 is 0 Å². The summed E-state index contributed by atoms with van der Waals surface area (Å²) in [5.74, 6) is 0.987. The zero-order valence-electron chi connectivity index (χ0n) is 7.88. The first-order chi connectivity index (χ1) is 6.27. The van der Waals surface area contributed by atoms with Crippen LogP contribution in [-0.4, -0.2) is 24.2 Å². The van der Waals surface area contributed by atoms with Crippen molar-refractivity contribution in [3.63, 3.8) is 0 Å². The number of aliphatic hydroxyl groups is 1. The zero-order valence-corrected chi connectivity index (χ0v) is 7.88. The van der Waals surface area contributed by atoms with Crippen LogP contribution in [0.25, 0.3) is 0 Å². The zero-order chi connectivity index (χ0) is 9.31. The lowest BCUT2D eigenvalue weighted by Gasteiger charge is -2.24. The Morgan fingerprint density at radius 2 is 2.15 bits per heavy atom. The van der Waals surface area contributed by atoms with Gasteiger partial charge >= 0.3 is 0 Å². The second kappa shape index (κ2) is 3.29. The number of amides is 1. The smallest absolute Gasteiger partial charge is 0.226 e. The van der Waals surface area contributed by atoms with Gasteiger partial charge in [-0.15, -0.1) is 0 Å². The van der Waals surface area contributed by atoms with E-state index in [9.17, 15) is 4.79 Å². The predicted octanol–water partition coefficient (Wildman–Crippen LogP) is 0.675. The molecule has 2 aliphatic rings. The number of rotatable bonds is 3. The molecule has 3 heteroatoms. The molecule has 2 saturated carbocycles. The highest BCUT2D eigenvalue weighted by atomic mass is 16.3. The lowest BCUT2D eigenvalue weighted by Crippen LogP contribution is -2.39. The van der Waals surface area contributed by atoms with E-state index in [1.807, 2.05) is 0 Å². The molecule has 2 fully saturated rings. The van der Waals surface area contributed by atoms with Crippen molar-refractivity contribution in [2.75, 3.05) is 13.2 Å². The van der Waals surface area contributed by atoms with Crippen LogP contribution < -0.4 is 5.32 Å². The van der Waals surface area contributed by atoms with Crippen LogP contribution in [0.15, 0.2) is 0 Å². The minimum atomic E-state index is -0.0418. The molecule has 2 bridgehead atoms. The Bertz CT molecular complexity index is 207. The SMILES string of the molecule is O=C(NCCO)C12CCC(CC1)C2. The highest BCUT2D eigenvalue weighted by Crippen LogP contribution is 2.54. The second-order valence-corrected chi connectivity index (χ2v) is 4.41. The van der Waals surface area contributed by atoms with E-state index in [0.29, 0.717) is 6.54 Å². The third-order valence-corrected chi connectivity index (χ3v) is 3.62. The molecule has 3 nitrogen and oxygen atoms in total. The van der Waals surface area contributed by atoms with E-state index in [4.69, 9.17) is 5.11 Å². The van der Waals surface area contributed by atoms with Crippen molar-refractivity contribution >= 4 is 5.91 Å². The van der Waals surface area contributed by atoms with E-state index in [1.54, 1.807) is 0 Å². The van der Waals surface area contributed by atoms with Gasteiger partial charge in [-0.2, -0.15) is 0 Å². The predicted molar refractivity (Wildman–Crippen MR) is 49.1 cm³/mol. The molecule has 0 saturated heterocycles. The molecule has 0 aliphatic heterocycles. The van der Waals surface area contributed by atoms with E-state index in [1.165, 1.54) is 12.8 Å². The second-order valence-electron chi connectivity index (χ2n) is 4.41. The average molecular weight is 183 g/mol. The lowest BCUT2D eigenvalue weighted by atomic mass is 9.83. The first kappa shape index (κ1) is 9.00. The fourth-order valence-electron chi connectivity index (χ4n) is 2.87. The Balaban J connectivity index is 1.95. The van der Waals surface area contributed by atoms with Gasteiger partial charge in [-0.1, -0.05) is 0 Å². The van der Waals surface area contributed by atoms with Crippen LogP contribution in [0.1, 0.15) is 32.1 Å². The van der Waals surface area contributed by atoms with Gasteiger partial charge in [0.25, 0.3) is 0 Å². The maximum Gasteiger partial charge on any atom is 0.226 e. The van der Waals surface area contributed by atoms with E-state index in [0.717, 1.165) is 25.2 Å². The molecule has 0 spiro atoms. The normalized spacial score (nSPS) is 36.5. The summed E-state index contributed by atoms with van der Waals surface area (Å²) in [4.78, 5) is 11.8. The molecule has 0 radical (unpaired) electrons. The molecular weight excluding hydrogens is 166 g/mol. The molecule has 0 heterocycles. The molecule has 2 N–H and O–H groups in total. The van der Waals surface area contributed by atoms with Gasteiger partial charge in [0.1, 0.15) is 0 Å². The highest BCUT2D eigenvalue weighted by Gasteiger charge is 2.49. The van der Waals surface area contributed by atoms with Gasteiger partial charge in [0, 0.05) is 12.0 Å². The number of carbonyl (C=O) groups excluding carboxylic acids is 1. The van der Waals surface area contributed by atoms with Crippen LogP contribution in [0.3, 0.4) is 0 Å². The van der Waals surface area contributed by atoms with Crippen molar-refractivity contribution in [2.45, 2.75) is 32.1 Å². The summed E-state index contributed by atoms with van der Waals surface area (Å²) in [5, 5.41) is 11.4. The number of aliphatic hydroxyl groups excluding tert-OH is 1. The van der Waals surface area contributed by atoms with Gasteiger partial charge < -0.3 is 10.4 Å². The van der Waals surface area contributed by atoms with Gasteiger partial charge in [-0.25, -0.2) is 0 Å². The van der Waals surface area contributed by atoms with Crippen molar-refractivity contribution < 1.29 is 9.90 Å². The molecule has 0 aromatic rings. The maximum absolute atomic E-state index is 11.8. The molecular formula is C10H17NO2. The van der Waals surface area contributed by atoms with Crippen molar-refractivity contribution in [2.24, 2.45) is 11.3 Å². The van der Waals surface area contributed by atoms with Crippen LogP contribution in [0.4, 0.5) is 0 Å². The standard InChI is InChI=1S/C10H17NO2/c12-6-5-11-9(13)10-3-1-8(7-10)2-4-10/h8,12H,1-7H2,(H,11,13). The van der Waals surface area contributed by atoms with Crippen LogP contribution in [0.5, 0.6) is 0 Å². The Hall–Kier alpha value is -0.570. The van der Waals surface area contributed by atoms with Crippen LogP contribution >= 0.6 is 0 Å². The number of carbonyl (C=O) groups is 1. The summed E-state index contributed by atoms with van der Waals surface area (Å²) in [6.07, 6.45) is 5.67. The number of hydrogen-bond acceptors (Lipinski definition) is 2. The molecule has 0 atom stereocenters. The van der Waals surface area contributed by atoms with Crippen LogP contribution in [0, 0.1) is 11.3 Å². The van der Waals surface area contributed by atoms with Crippen molar-refractivity contribution in [1.29, 1.82) is 0 Å². The number of fused-ring (bicyclic) bond motifs is 2. The molecule has 13 heavy (non-hydrogen) atoms. The summed E-state index contributed by atoms with van der Waals surface area (Å²) in [7, 11) is 0. The Kier molecular flexibility index (Phi) is 2.28. The summed E-state index contributed by atoms with van der Waals surface area (Å²) in [6.45, 7) is 0.455. The van der Waals surface area contributed by atoms with Gasteiger partial charge in [0.15, 0.2) is 0 Å². The Labute approximate surface area is 78.5 Å². The first-order valence-electron chi connectivity index (χ1n) is 5.16. The summed E-state index contributed by atoms with van der Waals surface area (Å²) in [5.41, 5.74) is -0.0418. The lowest BCUT2D eigenvalue weighted by molar-refractivity contribution is -0.130. The summed E-state index contributed by atoms with van der Waals surface area (Å²) >= 11 is 0. The van der Waals surface area contributed by atoms with E-state index >= 15 is 0 Å². The molecule has 0 aromatic carbocycles. The topological polar surface area (TPSA) is 49.3 Å². The van der Waals surface area contributed by atoms with Crippen LogP contribution in [0.2, 0.25) is 0 Å². The van der Waals surface area contributed by atoms with Gasteiger partial charge in [-0.05, 0) is 38.0 Å². The summed E-state index contributed by atoms with van der Waals surface area (Å²) < 4.78 is 0. The van der Waals surface area contributed by atoms with E-state index in [2.05, 4.69) is 5.32 Å². The van der Waals surface area contributed by atoms with Gasteiger partial charge in [0.2, 0.25) is 5.91 Å². The largest absolute Gasteiger partial charge is 0.395 e. The van der Waals surface area contributed by atoms with E-state index in [-0.39, 0.29) is 17.9 Å². The van der Waals surface area contributed by atoms with Gasteiger partial charge in [-0.3, -0.25) is 4.79 Å². The average Bonchev–Trinajstić information content (AvgIpc) is 2.74. The molecule has 1 amide bonds. The Morgan fingerprint density at radius 3 is 2.62 bits per heavy atom. The number of hydrogen-bond donors (Lipinski definition) is 2. The summed E-state index contributed by atoms with van der Waals surface area (Å²) in [6, 6.07) is 0. The quantitative estimate of drug-likeness (QED) is 0.676. The molecule has 74 valence electrons. The third kappa shape index (κ3) is 1.46. The molecule has 2 rings (SSSR count).